The molecule has 0 unspecified atom stereocenters. The van der Waals surface area contributed by atoms with E-state index in [1.165, 1.54) is 0 Å². The van der Waals surface area contributed by atoms with Crippen LogP contribution >= 0.6 is 15.9 Å². The van der Waals surface area contributed by atoms with Gasteiger partial charge in [-0.25, -0.2) is 0 Å². The summed E-state index contributed by atoms with van der Waals surface area (Å²) in [5.74, 6) is 6.01. The molecule has 0 aliphatic heterocycles. The summed E-state index contributed by atoms with van der Waals surface area (Å²) in [4.78, 5) is 0. The molecule has 0 saturated heterocycles. The Labute approximate surface area is 73.1 Å². The second-order valence-corrected chi connectivity index (χ2v) is 2.34. The molecule has 0 radical (unpaired) electrons. The lowest BCUT2D eigenvalue weighted by Gasteiger charge is -1.88. The number of rotatable bonds is 0. The van der Waals surface area contributed by atoms with Crippen LogP contribution in [0, 0.1) is 11.8 Å². The third kappa shape index (κ3) is 2.56. The molecular formula is C7H6BrN3. The van der Waals surface area contributed by atoms with Crippen molar-refractivity contribution in [1.29, 1.82) is 0 Å². The Morgan fingerprint density at radius 1 is 1.45 bits per heavy atom. The van der Waals surface area contributed by atoms with Gasteiger partial charge in [-0.1, -0.05) is 21.9 Å². The number of hydrogen-bond donors (Lipinski definition) is 1. The van der Waals surface area contributed by atoms with Gasteiger partial charge in [0.15, 0.2) is 0 Å². The van der Waals surface area contributed by atoms with Crippen molar-refractivity contribution in [2.75, 3.05) is 11.1 Å². The van der Waals surface area contributed by atoms with E-state index in [1.54, 1.807) is 12.1 Å². The van der Waals surface area contributed by atoms with E-state index in [4.69, 9.17) is 5.73 Å². The minimum atomic E-state index is 0.411. The van der Waals surface area contributed by atoms with Gasteiger partial charge in [0.05, 0.1) is 5.33 Å². The van der Waals surface area contributed by atoms with E-state index in [0.717, 1.165) is 0 Å². The Morgan fingerprint density at radius 3 is 2.82 bits per heavy atom. The van der Waals surface area contributed by atoms with Crippen LogP contribution < -0.4 is 5.73 Å². The molecule has 0 bridgehead atoms. The first kappa shape index (κ1) is 8.02. The lowest BCUT2D eigenvalue weighted by molar-refractivity contribution is 1.02. The van der Waals surface area contributed by atoms with Crippen molar-refractivity contribution in [2.45, 2.75) is 0 Å². The number of nitrogens with two attached hydrogens (primary N) is 1. The summed E-state index contributed by atoms with van der Waals surface area (Å²) in [6, 6.07) is 3.41. The summed E-state index contributed by atoms with van der Waals surface area (Å²) in [5.41, 5.74) is 5.96. The molecule has 1 aromatic rings. The van der Waals surface area contributed by atoms with Gasteiger partial charge in [0.1, 0.15) is 11.5 Å². The summed E-state index contributed by atoms with van der Waals surface area (Å²) in [5, 5.41) is 8.03. The Bertz CT molecular complexity index is 283. The molecule has 11 heavy (non-hydrogen) atoms. The highest BCUT2D eigenvalue weighted by Gasteiger charge is 1.87. The number of nitrogens with zero attached hydrogens (tertiary/aromatic N) is 2. The van der Waals surface area contributed by atoms with Crippen LogP contribution in [0.25, 0.3) is 0 Å². The molecule has 0 fully saturated rings. The van der Waals surface area contributed by atoms with Crippen molar-refractivity contribution < 1.29 is 0 Å². The van der Waals surface area contributed by atoms with E-state index in [-0.39, 0.29) is 0 Å². The topological polar surface area (TPSA) is 51.8 Å². The smallest absolute Gasteiger partial charge is 0.146 e. The monoisotopic (exact) mass is 211 g/mol. The van der Waals surface area contributed by atoms with Crippen LogP contribution in [-0.4, -0.2) is 15.5 Å². The van der Waals surface area contributed by atoms with E-state index in [1.807, 2.05) is 0 Å². The SMILES string of the molecule is Nc1ccc(C#CCBr)nn1. The zero-order valence-corrected chi connectivity index (χ0v) is 7.30. The molecule has 1 rings (SSSR count). The minimum Gasteiger partial charge on any atom is -0.382 e. The van der Waals surface area contributed by atoms with E-state index in [0.29, 0.717) is 16.8 Å². The van der Waals surface area contributed by atoms with E-state index in [9.17, 15) is 0 Å². The van der Waals surface area contributed by atoms with Gasteiger partial charge in [0, 0.05) is 0 Å². The second kappa shape index (κ2) is 3.94. The van der Waals surface area contributed by atoms with Gasteiger partial charge in [0.25, 0.3) is 0 Å². The first-order valence-corrected chi connectivity index (χ1v) is 4.09. The van der Waals surface area contributed by atoms with Crippen molar-refractivity contribution in [3.8, 4) is 11.8 Å². The van der Waals surface area contributed by atoms with Gasteiger partial charge in [-0.2, -0.15) is 0 Å². The van der Waals surface area contributed by atoms with Crippen LogP contribution in [0.2, 0.25) is 0 Å². The van der Waals surface area contributed by atoms with Gasteiger partial charge < -0.3 is 5.73 Å². The number of anilines is 1. The number of aromatic nitrogens is 2. The quantitative estimate of drug-likeness (QED) is 0.511. The van der Waals surface area contributed by atoms with Crippen molar-refractivity contribution in [3.05, 3.63) is 17.8 Å². The molecule has 1 heterocycles. The molecular weight excluding hydrogens is 206 g/mol. The lowest BCUT2D eigenvalue weighted by atomic mass is 10.4. The van der Waals surface area contributed by atoms with E-state index in [2.05, 4.69) is 38.0 Å². The summed E-state index contributed by atoms with van der Waals surface area (Å²) in [6.07, 6.45) is 0. The van der Waals surface area contributed by atoms with E-state index < -0.39 is 0 Å². The summed E-state index contributed by atoms with van der Waals surface area (Å²) in [6.45, 7) is 0. The number of halogens is 1. The average Bonchev–Trinajstić information content (AvgIpc) is 2.04. The van der Waals surface area contributed by atoms with Crippen LogP contribution in [-0.2, 0) is 0 Å². The average molecular weight is 212 g/mol. The Morgan fingerprint density at radius 2 is 2.27 bits per heavy atom. The van der Waals surface area contributed by atoms with Crippen molar-refractivity contribution >= 4 is 21.7 Å². The fraction of sp³-hybridized carbons (Fsp3) is 0.143. The molecule has 0 spiro atoms. The molecule has 0 aliphatic carbocycles. The molecule has 0 aliphatic rings. The maximum Gasteiger partial charge on any atom is 0.146 e. The first-order valence-electron chi connectivity index (χ1n) is 2.97. The summed E-state index contributed by atoms with van der Waals surface area (Å²) < 4.78 is 0. The van der Waals surface area contributed by atoms with Crippen LogP contribution in [0.15, 0.2) is 12.1 Å². The third-order valence-electron chi connectivity index (χ3n) is 0.968. The highest BCUT2D eigenvalue weighted by Crippen LogP contribution is 1.94. The molecule has 4 heteroatoms. The zero-order valence-electron chi connectivity index (χ0n) is 5.71. The summed E-state index contributed by atoms with van der Waals surface area (Å²) >= 11 is 3.17. The van der Waals surface area contributed by atoms with Gasteiger partial charge in [-0.15, -0.1) is 10.2 Å². The Kier molecular flexibility index (Phi) is 2.87. The highest BCUT2D eigenvalue weighted by atomic mass is 79.9. The fourth-order valence-electron chi connectivity index (χ4n) is 0.533. The normalized spacial score (nSPS) is 8.45. The minimum absolute atomic E-state index is 0.411. The predicted octanol–water partition coefficient (Wildman–Crippen LogP) is 0.805. The molecule has 0 saturated carbocycles. The number of hydrogen-bond acceptors (Lipinski definition) is 3. The fourth-order valence-corrected chi connectivity index (χ4v) is 0.673. The second-order valence-electron chi connectivity index (χ2n) is 1.78. The van der Waals surface area contributed by atoms with Crippen molar-refractivity contribution in [2.24, 2.45) is 0 Å². The Balaban J connectivity index is 2.82. The molecule has 3 nitrogen and oxygen atoms in total. The van der Waals surface area contributed by atoms with Gasteiger partial charge in [-0.05, 0) is 18.1 Å². The molecule has 0 aromatic carbocycles. The van der Waals surface area contributed by atoms with Crippen LogP contribution in [0.3, 0.4) is 0 Å². The maximum atomic E-state index is 5.32. The van der Waals surface area contributed by atoms with Crippen molar-refractivity contribution in [3.63, 3.8) is 0 Å². The zero-order chi connectivity index (χ0) is 8.10. The lowest BCUT2D eigenvalue weighted by Crippen LogP contribution is -1.93. The van der Waals surface area contributed by atoms with Gasteiger partial charge >= 0.3 is 0 Å². The molecule has 0 amide bonds. The van der Waals surface area contributed by atoms with Crippen molar-refractivity contribution in [1.82, 2.24) is 10.2 Å². The molecule has 2 N–H and O–H groups in total. The van der Waals surface area contributed by atoms with Gasteiger partial charge in [0.2, 0.25) is 0 Å². The summed E-state index contributed by atoms with van der Waals surface area (Å²) in [7, 11) is 0. The van der Waals surface area contributed by atoms with Crippen LogP contribution in [0.5, 0.6) is 0 Å². The standard InChI is InChI=1S/C7H6BrN3/c8-5-1-2-6-3-4-7(9)11-10-6/h3-4H,5H2,(H2,9,11). The van der Waals surface area contributed by atoms with Crippen LogP contribution in [0.1, 0.15) is 5.69 Å². The molecule has 1 aromatic heterocycles. The number of alkyl halides is 1. The highest BCUT2D eigenvalue weighted by molar-refractivity contribution is 9.09. The third-order valence-corrected chi connectivity index (χ3v) is 1.25. The maximum absolute atomic E-state index is 5.32. The first-order chi connectivity index (χ1) is 5.33. The molecule has 0 atom stereocenters. The predicted molar refractivity (Wildman–Crippen MR) is 47.1 cm³/mol. The number of nitrogen functional groups attached to an aromatic ring is 1. The van der Waals surface area contributed by atoms with Gasteiger partial charge in [-0.3, -0.25) is 0 Å². The Hall–Kier alpha value is -1.08. The molecule has 56 valence electrons. The van der Waals surface area contributed by atoms with Crippen LogP contribution in [0.4, 0.5) is 5.82 Å². The van der Waals surface area contributed by atoms with E-state index >= 15 is 0 Å². The largest absolute Gasteiger partial charge is 0.382 e.